The van der Waals surface area contributed by atoms with Crippen LogP contribution in [-0.2, 0) is 17.1 Å². The minimum Gasteiger partial charge on any atom is -0.476 e. The van der Waals surface area contributed by atoms with Crippen molar-refractivity contribution < 1.29 is 14.7 Å². The number of anilines is 1. The van der Waals surface area contributed by atoms with Crippen molar-refractivity contribution in [1.82, 2.24) is 15.0 Å². The van der Waals surface area contributed by atoms with E-state index in [0.717, 1.165) is 16.7 Å². The van der Waals surface area contributed by atoms with E-state index < -0.39 is 5.97 Å². The summed E-state index contributed by atoms with van der Waals surface area (Å²) in [5.74, 6) is -0.497. The van der Waals surface area contributed by atoms with Crippen molar-refractivity contribution in [1.29, 1.82) is 0 Å². The van der Waals surface area contributed by atoms with Gasteiger partial charge >= 0.3 is 5.97 Å². The lowest BCUT2D eigenvalue weighted by Gasteiger charge is -2.21. The predicted octanol–water partition coefficient (Wildman–Crippen LogP) is 3.18. The van der Waals surface area contributed by atoms with E-state index in [9.17, 15) is 9.59 Å². The van der Waals surface area contributed by atoms with Crippen LogP contribution in [0, 0.1) is 0 Å². The summed E-state index contributed by atoms with van der Waals surface area (Å²) in [5, 5.41) is 19.5. The summed E-state index contributed by atoms with van der Waals surface area (Å²) in [4.78, 5) is 22.9. The number of hydrogen-bond acceptors (Lipinski definition) is 5. The fourth-order valence-electron chi connectivity index (χ4n) is 3.01. The maximum atomic E-state index is 12.1. The number of benzene rings is 1. The molecule has 26 heavy (non-hydrogen) atoms. The molecule has 0 unspecified atom stereocenters. The van der Waals surface area contributed by atoms with E-state index in [1.807, 2.05) is 30.0 Å². The van der Waals surface area contributed by atoms with Crippen molar-refractivity contribution in [2.45, 2.75) is 49.7 Å². The molecular formula is C18H22N4O3S. The Labute approximate surface area is 156 Å². The first-order valence-corrected chi connectivity index (χ1v) is 9.79. The molecule has 2 N–H and O–H groups in total. The minimum atomic E-state index is -1.17. The SMILES string of the molecule is O=C(Cn1cc(C(=O)O)nn1)Nc1cccc(CSC2CCCCC2)c1. The van der Waals surface area contributed by atoms with Crippen LogP contribution < -0.4 is 5.32 Å². The van der Waals surface area contributed by atoms with E-state index in [0.29, 0.717) is 0 Å². The number of nitrogens with one attached hydrogen (secondary N) is 1. The highest BCUT2D eigenvalue weighted by Crippen LogP contribution is 2.30. The van der Waals surface area contributed by atoms with Gasteiger partial charge in [-0.15, -0.1) is 5.10 Å². The van der Waals surface area contributed by atoms with Crippen LogP contribution in [0.2, 0.25) is 0 Å². The summed E-state index contributed by atoms with van der Waals surface area (Å²) in [6.07, 6.45) is 7.87. The van der Waals surface area contributed by atoms with Crippen LogP contribution in [0.1, 0.15) is 48.2 Å². The largest absolute Gasteiger partial charge is 0.476 e. The zero-order chi connectivity index (χ0) is 18.4. The van der Waals surface area contributed by atoms with Gasteiger partial charge in [0.1, 0.15) is 6.54 Å². The highest BCUT2D eigenvalue weighted by molar-refractivity contribution is 7.99. The van der Waals surface area contributed by atoms with Gasteiger partial charge in [0, 0.05) is 16.7 Å². The lowest BCUT2D eigenvalue weighted by atomic mass is 10.0. The van der Waals surface area contributed by atoms with E-state index >= 15 is 0 Å². The second kappa shape index (κ2) is 8.84. The van der Waals surface area contributed by atoms with Crippen molar-refractivity contribution in [3.05, 3.63) is 41.7 Å². The molecule has 138 valence electrons. The molecule has 3 rings (SSSR count). The van der Waals surface area contributed by atoms with Crippen molar-refractivity contribution in [3.8, 4) is 0 Å². The Morgan fingerprint density at radius 1 is 1.27 bits per heavy atom. The average Bonchev–Trinajstić information content (AvgIpc) is 3.10. The Morgan fingerprint density at radius 3 is 2.81 bits per heavy atom. The average molecular weight is 374 g/mol. The second-order valence-electron chi connectivity index (χ2n) is 6.43. The Kier molecular flexibility index (Phi) is 6.27. The van der Waals surface area contributed by atoms with Crippen molar-refractivity contribution in [2.24, 2.45) is 0 Å². The Bertz CT molecular complexity index is 771. The zero-order valence-corrected chi connectivity index (χ0v) is 15.2. The van der Waals surface area contributed by atoms with Crippen LogP contribution >= 0.6 is 11.8 Å². The maximum Gasteiger partial charge on any atom is 0.358 e. The quantitative estimate of drug-likeness (QED) is 0.772. The van der Waals surface area contributed by atoms with Crippen LogP contribution in [0.15, 0.2) is 30.5 Å². The molecule has 1 fully saturated rings. The number of aromatic carboxylic acids is 1. The van der Waals surface area contributed by atoms with Gasteiger partial charge in [0.25, 0.3) is 0 Å². The molecule has 1 aromatic heterocycles. The number of carboxylic acids is 1. The predicted molar refractivity (Wildman–Crippen MR) is 100 cm³/mol. The number of carboxylic acid groups (broad SMARTS) is 1. The summed E-state index contributed by atoms with van der Waals surface area (Å²) in [7, 11) is 0. The first-order chi connectivity index (χ1) is 12.6. The molecule has 0 atom stereocenters. The fourth-order valence-corrected chi connectivity index (χ4v) is 4.28. The third-order valence-electron chi connectivity index (χ3n) is 4.31. The van der Waals surface area contributed by atoms with Crippen LogP contribution in [0.5, 0.6) is 0 Å². The van der Waals surface area contributed by atoms with Crippen molar-refractivity contribution >= 4 is 29.3 Å². The molecule has 0 radical (unpaired) electrons. The molecule has 2 aromatic rings. The summed E-state index contributed by atoms with van der Waals surface area (Å²) in [5.41, 5.74) is 1.74. The van der Waals surface area contributed by atoms with Gasteiger partial charge in [-0.25, -0.2) is 9.48 Å². The van der Waals surface area contributed by atoms with E-state index in [4.69, 9.17) is 5.11 Å². The number of aromatic nitrogens is 3. The fraction of sp³-hybridized carbons (Fsp3) is 0.444. The number of amides is 1. The topological polar surface area (TPSA) is 97.1 Å². The molecule has 0 saturated heterocycles. The molecule has 7 nitrogen and oxygen atoms in total. The molecule has 8 heteroatoms. The molecule has 1 aromatic carbocycles. The smallest absolute Gasteiger partial charge is 0.358 e. The van der Waals surface area contributed by atoms with Gasteiger partial charge in [-0.1, -0.05) is 36.6 Å². The Balaban J connectivity index is 1.52. The van der Waals surface area contributed by atoms with Gasteiger partial charge in [-0.05, 0) is 30.5 Å². The summed E-state index contributed by atoms with van der Waals surface area (Å²) >= 11 is 2.00. The van der Waals surface area contributed by atoms with Crippen molar-refractivity contribution in [3.63, 3.8) is 0 Å². The molecule has 0 bridgehead atoms. The normalized spacial score (nSPS) is 14.9. The number of carbonyl (C=O) groups excluding carboxylic acids is 1. The van der Waals surface area contributed by atoms with Gasteiger partial charge in [-0.3, -0.25) is 4.79 Å². The summed E-state index contributed by atoms with van der Waals surface area (Å²) in [6.45, 7) is -0.0820. The lowest BCUT2D eigenvalue weighted by molar-refractivity contribution is -0.116. The molecule has 1 aliphatic rings. The first-order valence-electron chi connectivity index (χ1n) is 8.74. The molecule has 0 aliphatic heterocycles. The van der Waals surface area contributed by atoms with Crippen molar-refractivity contribution in [2.75, 3.05) is 5.32 Å². The van der Waals surface area contributed by atoms with Crippen LogP contribution in [0.25, 0.3) is 0 Å². The molecule has 1 aliphatic carbocycles. The Morgan fingerprint density at radius 2 is 2.08 bits per heavy atom. The van der Waals surface area contributed by atoms with Gasteiger partial charge in [-0.2, -0.15) is 11.8 Å². The highest BCUT2D eigenvalue weighted by Gasteiger charge is 2.14. The van der Waals surface area contributed by atoms with Gasteiger partial charge < -0.3 is 10.4 Å². The monoisotopic (exact) mass is 374 g/mol. The summed E-state index contributed by atoms with van der Waals surface area (Å²) < 4.78 is 1.21. The van der Waals surface area contributed by atoms with Crippen LogP contribution in [0.4, 0.5) is 5.69 Å². The number of carbonyl (C=O) groups is 2. The minimum absolute atomic E-state index is 0.0820. The van der Waals surface area contributed by atoms with Gasteiger partial charge in [0.05, 0.1) is 6.20 Å². The maximum absolute atomic E-state index is 12.1. The number of hydrogen-bond donors (Lipinski definition) is 2. The molecule has 0 spiro atoms. The van der Waals surface area contributed by atoms with Crippen LogP contribution in [-0.4, -0.2) is 37.2 Å². The van der Waals surface area contributed by atoms with Gasteiger partial charge in [0.2, 0.25) is 5.91 Å². The second-order valence-corrected chi connectivity index (χ2v) is 7.71. The highest BCUT2D eigenvalue weighted by atomic mass is 32.2. The third-order valence-corrected chi connectivity index (χ3v) is 5.75. The standard InChI is InChI=1S/C18H22N4O3S/c23-17(11-22-10-16(18(24)25)20-21-22)19-14-6-4-5-13(9-14)12-26-15-7-2-1-3-8-15/h4-6,9-10,15H,1-3,7-8,11-12H2,(H,19,23)(H,24,25). The third kappa shape index (κ3) is 5.32. The first kappa shape index (κ1) is 18.4. The Hall–Kier alpha value is -2.35. The van der Waals surface area contributed by atoms with E-state index in [2.05, 4.69) is 21.7 Å². The number of rotatable bonds is 7. The lowest BCUT2D eigenvalue weighted by Crippen LogP contribution is -2.19. The van der Waals surface area contributed by atoms with E-state index in [1.165, 1.54) is 48.5 Å². The van der Waals surface area contributed by atoms with Gasteiger partial charge in [0.15, 0.2) is 5.69 Å². The molecule has 1 heterocycles. The van der Waals surface area contributed by atoms with Crippen LogP contribution in [0.3, 0.4) is 0 Å². The molecular weight excluding hydrogens is 352 g/mol. The number of thioether (sulfide) groups is 1. The number of nitrogens with zero attached hydrogens (tertiary/aromatic N) is 3. The van der Waals surface area contributed by atoms with E-state index in [1.54, 1.807) is 0 Å². The molecule has 1 saturated carbocycles. The van der Waals surface area contributed by atoms with E-state index in [-0.39, 0.29) is 18.1 Å². The molecule has 1 amide bonds. The zero-order valence-electron chi connectivity index (χ0n) is 14.4. The summed E-state index contributed by atoms with van der Waals surface area (Å²) in [6, 6.07) is 7.83.